The molecule has 0 aliphatic rings. The molecule has 1 aromatic heterocycles. The molecular weight excluding hydrogens is 316 g/mol. The van der Waals surface area contributed by atoms with Crippen LogP contribution >= 0.6 is 0 Å². The van der Waals surface area contributed by atoms with E-state index in [0.29, 0.717) is 17.9 Å². The Morgan fingerprint density at radius 2 is 1.92 bits per heavy atom. The van der Waals surface area contributed by atoms with Crippen molar-refractivity contribution in [1.82, 2.24) is 5.32 Å². The topological polar surface area (TPSA) is 112 Å². The van der Waals surface area contributed by atoms with Crippen LogP contribution in [0.25, 0.3) is 11.3 Å². The largest absolute Gasteiger partial charge is 0.450 e. The fourth-order valence-electron chi connectivity index (χ4n) is 1.87. The Labute approximate surface area is 137 Å². The summed E-state index contributed by atoms with van der Waals surface area (Å²) in [6, 6.07) is 8.69. The molecule has 0 unspecified atom stereocenters. The maximum absolute atomic E-state index is 11.8. The monoisotopic (exact) mass is 332 g/mol. The number of esters is 1. The zero-order valence-electron chi connectivity index (χ0n) is 13.0. The number of rotatable bonds is 7. The number of nitrogens with one attached hydrogen (secondary N) is 1. The first-order chi connectivity index (χ1) is 11.5. The first kappa shape index (κ1) is 17.2. The van der Waals surface area contributed by atoms with Crippen molar-refractivity contribution >= 4 is 17.6 Å². The van der Waals surface area contributed by atoms with Crippen molar-refractivity contribution in [2.24, 2.45) is 0 Å². The van der Waals surface area contributed by atoms with Gasteiger partial charge in [0.1, 0.15) is 5.76 Å². The van der Waals surface area contributed by atoms with Crippen LogP contribution in [0.2, 0.25) is 0 Å². The van der Waals surface area contributed by atoms with Crippen LogP contribution in [-0.4, -0.2) is 30.0 Å². The third-order valence-electron chi connectivity index (χ3n) is 3.08. The molecule has 126 valence electrons. The minimum Gasteiger partial charge on any atom is -0.450 e. The van der Waals surface area contributed by atoms with Crippen LogP contribution in [0.5, 0.6) is 0 Å². The summed E-state index contributed by atoms with van der Waals surface area (Å²) >= 11 is 0. The number of carbonyl (C=O) groups is 2. The molecule has 1 amide bonds. The van der Waals surface area contributed by atoms with Crippen molar-refractivity contribution in [3.05, 3.63) is 52.3 Å². The van der Waals surface area contributed by atoms with Gasteiger partial charge in [-0.25, -0.2) is 4.79 Å². The Kier molecular flexibility index (Phi) is 5.67. The van der Waals surface area contributed by atoms with E-state index in [-0.39, 0.29) is 24.0 Å². The van der Waals surface area contributed by atoms with Gasteiger partial charge in [0.05, 0.1) is 4.92 Å². The normalized spacial score (nSPS) is 10.2. The number of nitro groups is 1. The molecule has 1 N–H and O–H groups in total. The van der Waals surface area contributed by atoms with E-state index in [2.05, 4.69) is 5.32 Å². The highest BCUT2D eigenvalue weighted by Crippen LogP contribution is 2.24. The molecule has 24 heavy (non-hydrogen) atoms. The maximum atomic E-state index is 11.8. The molecule has 8 nitrogen and oxygen atoms in total. The predicted molar refractivity (Wildman–Crippen MR) is 84.4 cm³/mol. The van der Waals surface area contributed by atoms with Crippen LogP contribution in [0.1, 0.15) is 23.9 Å². The summed E-state index contributed by atoms with van der Waals surface area (Å²) < 4.78 is 10.2. The van der Waals surface area contributed by atoms with Crippen molar-refractivity contribution < 1.29 is 23.7 Å². The van der Waals surface area contributed by atoms with Gasteiger partial charge in [0.15, 0.2) is 6.61 Å². The molecule has 0 aliphatic heterocycles. The zero-order valence-corrected chi connectivity index (χ0v) is 13.0. The molecular formula is C16H16N2O6. The molecule has 0 saturated carbocycles. The van der Waals surface area contributed by atoms with Crippen LogP contribution < -0.4 is 5.32 Å². The molecule has 0 atom stereocenters. The lowest BCUT2D eigenvalue weighted by Crippen LogP contribution is -2.29. The number of benzene rings is 1. The maximum Gasteiger partial charge on any atom is 0.374 e. The number of furan rings is 1. The van der Waals surface area contributed by atoms with Crippen molar-refractivity contribution in [3.63, 3.8) is 0 Å². The van der Waals surface area contributed by atoms with Gasteiger partial charge in [0, 0.05) is 24.2 Å². The number of ether oxygens (including phenoxy) is 1. The molecule has 0 bridgehead atoms. The molecule has 2 aromatic rings. The fourth-order valence-corrected chi connectivity index (χ4v) is 1.87. The molecule has 0 radical (unpaired) electrons. The van der Waals surface area contributed by atoms with Crippen LogP contribution in [0.3, 0.4) is 0 Å². The summed E-state index contributed by atoms with van der Waals surface area (Å²) in [6.07, 6.45) is 0.788. The molecule has 0 saturated heterocycles. The van der Waals surface area contributed by atoms with E-state index in [1.54, 1.807) is 6.07 Å². The average Bonchev–Trinajstić information content (AvgIpc) is 3.08. The van der Waals surface area contributed by atoms with Gasteiger partial charge in [-0.05, 0) is 30.7 Å². The van der Waals surface area contributed by atoms with Gasteiger partial charge in [0.2, 0.25) is 5.76 Å². The number of hydrogen-bond donors (Lipinski definition) is 1. The Bertz CT molecular complexity index is 735. The second-order valence-electron chi connectivity index (χ2n) is 4.89. The lowest BCUT2D eigenvalue weighted by atomic mass is 10.1. The third-order valence-corrected chi connectivity index (χ3v) is 3.08. The highest BCUT2D eigenvalue weighted by Gasteiger charge is 2.15. The summed E-state index contributed by atoms with van der Waals surface area (Å²) in [4.78, 5) is 33.3. The second kappa shape index (κ2) is 7.91. The van der Waals surface area contributed by atoms with E-state index in [0.717, 1.165) is 6.42 Å². The Morgan fingerprint density at radius 1 is 1.21 bits per heavy atom. The second-order valence-corrected chi connectivity index (χ2v) is 4.89. The minimum absolute atomic E-state index is 0.0389. The van der Waals surface area contributed by atoms with Gasteiger partial charge in [-0.1, -0.05) is 6.92 Å². The van der Waals surface area contributed by atoms with Crippen LogP contribution in [0.15, 0.2) is 40.8 Å². The van der Waals surface area contributed by atoms with E-state index >= 15 is 0 Å². The zero-order chi connectivity index (χ0) is 17.5. The first-order valence-electron chi connectivity index (χ1n) is 7.29. The number of nitrogens with zero attached hydrogens (tertiary/aromatic N) is 1. The highest BCUT2D eigenvalue weighted by molar-refractivity contribution is 5.89. The van der Waals surface area contributed by atoms with Crippen molar-refractivity contribution in [3.8, 4) is 11.3 Å². The SMILES string of the molecule is CCCNC(=O)COC(=O)c1ccc(-c2ccc([N+](=O)[O-])cc2)o1. The van der Waals surface area contributed by atoms with E-state index in [1.165, 1.54) is 30.3 Å². The number of nitro benzene ring substituents is 1. The molecule has 1 aromatic carbocycles. The summed E-state index contributed by atoms with van der Waals surface area (Å²) in [5, 5.41) is 13.2. The van der Waals surface area contributed by atoms with Gasteiger partial charge >= 0.3 is 5.97 Å². The standard InChI is InChI=1S/C16H16N2O6/c1-2-9-17-15(19)10-23-16(20)14-8-7-13(24-14)11-3-5-12(6-4-11)18(21)22/h3-8H,2,9-10H2,1H3,(H,17,19). The lowest BCUT2D eigenvalue weighted by molar-refractivity contribution is -0.384. The number of carbonyl (C=O) groups excluding carboxylic acids is 2. The van der Waals surface area contributed by atoms with Crippen molar-refractivity contribution in [2.45, 2.75) is 13.3 Å². The number of non-ortho nitro benzene ring substituents is 1. The Hall–Kier alpha value is -3.16. The fraction of sp³-hybridized carbons (Fsp3) is 0.250. The van der Waals surface area contributed by atoms with Gasteiger partial charge in [-0.2, -0.15) is 0 Å². The van der Waals surface area contributed by atoms with Crippen LogP contribution in [0, 0.1) is 10.1 Å². The molecule has 1 heterocycles. The lowest BCUT2D eigenvalue weighted by Gasteiger charge is -2.04. The Morgan fingerprint density at radius 3 is 2.54 bits per heavy atom. The minimum atomic E-state index is -0.755. The third kappa shape index (κ3) is 4.42. The van der Waals surface area contributed by atoms with Crippen molar-refractivity contribution in [2.75, 3.05) is 13.2 Å². The molecule has 0 spiro atoms. The molecule has 0 aliphatic carbocycles. The summed E-state index contributed by atoms with van der Waals surface area (Å²) in [5.74, 6) is -0.818. The highest BCUT2D eigenvalue weighted by atomic mass is 16.6. The summed E-state index contributed by atoms with van der Waals surface area (Å²) in [7, 11) is 0. The molecule has 8 heteroatoms. The van der Waals surface area contributed by atoms with Gasteiger partial charge in [0.25, 0.3) is 11.6 Å². The van der Waals surface area contributed by atoms with Gasteiger partial charge in [-0.3, -0.25) is 14.9 Å². The van der Waals surface area contributed by atoms with Gasteiger partial charge in [-0.15, -0.1) is 0 Å². The molecule has 0 fully saturated rings. The van der Waals surface area contributed by atoms with Gasteiger partial charge < -0.3 is 14.5 Å². The quantitative estimate of drug-likeness (QED) is 0.474. The van der Waals surface area contributed by atoms with Crippen LogP contribution in [0.4, 0.5) is 5.69 Å². The summed E-state index contributed by atoms with van der Waals surface area (Å²) in [5.41, 5.74) is 0.545. The van der Waals surface area contributed by atoms with E-state index in [4.69, 9.17) is 9.15 Å². The molecule has 2 rings (SSSR count). The van der Waals surface area contributed by atoms with Crippen molar-refractivity contribution in [1.29, 1.82) is 0 Å². The van der Waals surface area contributed by atoms with E-state index in [9.17, 15) is 19.7 Å². The number of amides is 1. The first-order valence-corrected chi connectivity index (χ1v) is 7.29. The van der Waals surface area contributed by atoms with E-state index < -0.39 is 10.9 Å². The van der Waals surface area contributed by atoms with E-state index in [1.807, 2.05) is 6.92 Å². The number of hydrogen-bond acceptors (Lipinski definition) is 6. The predicted octanol–water partition coefficient (Wildman–Crippen LogP) is 2.54. The Balaban J connectivity index is 1.98. The smallest absolute Gasteiger partial charge is 0.374 e. The average molecular weight is 332 g/mol. The van der Waals surface area contributed by atoms with Crippen LogP contribution in [-0.2, 0) is 9.53 Å². The summed E-state index contributed by atoms with van der Waals surface area (Å²) in [6.45, 7) is 2.04.